The highest BCUT2D eigenvalue weighted by Gasteiger charge is 2.48. The maximum absolute atomic E-state index is 12.0. The molecule has 0 saturated carbocycles. The molecule has 3 saturated heterocycles. The van der Waals surface area contributed by atoms with Gasteiger partial charge in [-0.05, 0) is 22.5 Å². The van der Waals surface area contributed by atoms with Crippen molar-refractivity contribution in [1.82, 2.24) is 28.7 Å². The molecule has 73 heavy (non-hydrogen) atoms. The zero-order valence-electron chi connectivity index (χ0n) is 37.1. The summed E-state index contributed by atoms with van der Waals surface area (Å²) in [7, 11) is -12.9. The van der Waals surface area contributed by atoms with Crippen LogP contribution in [0.25, 0.3) is 0 Å². The molecule has 0 spiro atoms. The van der Waals surface area contributed by atoms with Gasteiger partial charge in [-0.1, -0.05) is 0 Å². The summed E-state index contributed by atoms with van der Waals surface area (Å²) in [5, 5.41) is 68.6. The van der Waals surface area contributed by atoms with E-state index < -0.39 is 140 Å². The van der Waals surface area contributed by atoms with Crippen LogP contribution in [0.3, 0.4) is 0 Å². The Morgan fingerprint density at radius 2 is 0.863 bits per heavy atom. The Kier molecular flexibility index (Phi) is 21.1. The van der Waals surface area contributed by atoms with E-state index in [1.54, 1.807) is 0 Å². The summed E-state index contributed by atoms with van der Waals surface area (Å²) >= 11 is 10.5. The van der Waals surface area contributed by atoms with Gasteiger partial charge < -0.3 is 105 Å². The van der Waals surface area contributed by atoms with Crippen molar-refractivity contribution < 1.29 is 120 Å². The summed E-state index contributed by atoms with van der Waals surface area (Å²) in [4.78, 5) is 81.6. The summed E-state index contributed by atoms with van der Waals surface area (Å²) in [6, 6.07) is 0. The van der Waals surface area contributed by atoms with Gasteiger partial charge in [0.15, 0.2) is 53.4 Å². The lowest BCUT2D eigenvalue weighted by Crippen LogP contribution is -2.36. The monoisotopic (exact) mass is 1180 g/mol. The van der Waals surface area contributed by atoms with Crippen molar-refractivity contribution >= 4 is 69.5 Å². The molecule has 0 aromatic carbocycles. The van der Waals surface area contributed by atoms with Crippen LogP contribution in [0.2, 0.25) is 0 Å². The number of phosphoric acid groups is 3. The number of aliphatic hydroxyl groups is 7. The van der Waals surface area contributed by atoms with E-state index >= 15 is 0 Å². The van der Waals surface area contributed by atoms with Crippen LogP contribution in [0.15, 0.2) is 33.0 Å². The van der Waals surface area contributed by atoms with Crippen molar-refractivity contribution in [2.45, 2.75) is 73.6 Å². The minimum absolute atomic E-state index is 0.0680. The second-order valence-electron chi connectivity index (χ2n) is 14.6. The van der Waals surface area contributed by atoms with E-state index in [0.29, 0.717) is 4.57 Å². The number of aliphatic hydroxyl groups excluding tert-OH is 7. The van der Waals surface area contributed by atoms with Gasteiger partial charge in [0.1, 0.15) is 54.9 Å². The van der Waals surface area contributed by atoms with Crippen LogP contribution in [-0.4, -0.2) is 180 Å². The van der Waals surface area contributed by atoms with Gasteiger partial charge in [-0.3, -0.25) is 22.8 Å². The van der Waals surface area contributed by atoms with Gasteiger partial charge in [0.2, 0.25) is 0 Å². The lowest BCUT2D eigenvalue weighted by Gasteiger charge is -2.19. The molecule has 3 aliphatic rings. The molecule has 0 bridgehead atoms. The third kappa shape index (κ3) is 16.1. The molecule has 0 aliphatic carbocycles. The van der Waals surface area contributed by atoms with Crippen LogP contribution in [0, 0.1) is 0 Å². The van der Waals surface area contributed by atoms with E-state index in [0.717, 1.165) is 15.3 Å². The van der Waals surface area contributed by atoms with Gasteiger partial charge in [0.05, 0.1) is 59.7 Å². The van der Waals surface area contributed by atoms with Gasteiger partial charge in [-0.2, -0.15) is 23.6 Å². The van der Waals surface area contributed by atoms with Gasteiger partial charge in [0, 0.05) is 0 Å². The van der Waals surface area contributed by atoms with Crippen LogP contribution in [0.4, 0.5) is 17.5 Å². The maximum atomic E-state index is 12.0. The van der Waals surface area contributed by atoms with E-state index in [1.165, 1.54) is 33.7 Å². The van der Waals surface area contributed by atoms with Crippen LogP contribution in [0.1, 0.15) is 18.7 Å². The van der Waals surface area contributed by atoms with Crippen molar-refractivity contribution in [2.24, 2.45) is 0 Å². The molecule has 37 nitrogen and oxygen atoms in total. The molecule has 6 heterocycles. The number of nitrogens with zero attached hydrogens (tertiary/aromatic N) is 6. The third-order valence-corrected chi connectivity index (χ3v) is 14.6. The van der Waals surface area contributed by atoms with E-state index in [4.69, 9.17) is 87.9 Å². The van der Waals surface area contributed by atoms with Crippen molar-refractivity contribution in [3.63, 3.8) is 0 Å². The lowest BCUT2D eigenvalue weighted by molar-refractivity contribution is -0.0551. The predicted molar refractivity (Wildman–Crippen MR) is 238 cm³/mol. The molecule has 3 fully saturated rings. The largest absolute Gasteiger partial charge is 0.491 e. The molecule has 0 amide bonds. The molecule has 3 aromatic heterocycles. The van der Waals surface area contributed by atoms with Crippen molar-refractivity contribution in [3.8, 4) is 17.2 Å². The topological polar surface area (TPSA) is 566 Å². The Hall–Kier alpha value is -3.78. The van der Waals surface area contributed by atoms with E-state index in [2.05, 4.69) is 32.6 Å². The smallest absolute Gasteiger partial charge is 0.490 e. The minimum atomic E-state index is -5.74. The Labute approximate surface area is 416 Å². The number of methoxy groups -OCH3 is 3. The summed E-state index contributed by atoms with van der Waals surface area (Å²) in [5.74, 6) is -0.331. The zero-order chi connectivity index (χ0) is 55.3. The number of halogens is 2. The molecule has 3 aliphatic heterocycles. The molecular formula is C30H47Cl2N9O28P4. The summed E-state index contributed by atoms with van der Waals surface area (Å²) in [6.07, 6.45) is -17.3. The molecule has 43 heteroatoms. The van der Waals surface area contributed by atoms with Crippen LogP contribution in [-0.2, 0) is 50.1 Å². The van der Waals surface area contributed by atoms with Crippen LogP contribution >= 0.6 is 52.0 Å². The maximum Gasteiger partial charge on any atom is 0.490 e. The molecular weight excluding hydrogens is 1130 g/mol. The number of nitrogens with two attached hydrogens (primary N) is 3. The van der Waals surface area contributed by atoms with Crippen molar-refractivity contribution in [3.05, 3.63) is 50.0 Å². The van der Waals surface area contributed by atoms with Gasteiger partial charge in [-0.15, -0.1) is 0 Å². The average Bonchev–Trinajstić information content (AvgIpc) is 3.84. The Morgan fingerprint density at radius 3 is 1.15 bits per heavy atom. The van der Waals surface area contributed by atoms with E-state index in [9.17, 15) is 68.2 Å². The molecule has 6 rings (SSSR count). The minimum Gasteiger partial charge on any atom is -0.491 e. The molecule has 3 aromatic rings. The number of ether oxygens (including phenoxy) is 6. The number of anilines is 3. The predicted octanol–water partition coefficient (Wildman–Crippen LogP) is -4.70. The molecule has 414 valence electrons. The number of aromatic nitrogens is 6. The first kappa shape index (κ1) is 61.8. The summed E-state index contributed by atoms with van der Waals surface area (Å²) in [6.45, 7) is -1.98. The number of phosphoric ester groups is 1. The first-order chi connectivity index (χ1) is 33.7. The van der Waals surface area contributed by atoms with Gasteiger partial charge in [-0.25, -0.2) is 28.1 Å². The van der Waals surface area contributed by atoms with Gasteiger partial charge in [0.25, 0.3) is 0 Å². The molecule has 0 radical (unpaired) electrons. The fourth-order valence-corrected chi connectivity index (χ4v) is 10.0. The normalized spacial score (nSPS) is 28.7. The summed E-state index contributed by atoms with van der Waals surface area (Å²) in [5.41, 5.74) is 13.9. The first-order valence-corrected chi connectivity index (χ1v) is 27.5. The average molecular weight is 1180 g/mol. The molecule has 5 unspecified atom stereocenters. The van der Waals surface area contributed by atoms with Gasteiger partial charge >= 0.3 is 46.6 Å². The standard InChI is InChI=1S/C10H14Cl2N3O7P.C10H18N3O15P3.C10H15N3O6/c1-20-4-2-15(10(18)14-8(4)13)9-7(17)6(16)5(22-9)3-21-23(11,12)19;1-24-4-2-13(10(16)12-8(4)11)9-7(15)6(14)5(26-9)3-25-30(20,21)28-31(22,23)27-29(17,18)19;1-18-4-2-13(10(17)12-8(4)11)9-7(16)6(15)5(3-14)19-9/h2,5-7,9,16-17H,3H2,1H3,(H2,13,14,18);2,5-7,9,14-15H,3H2,1H3,(H,20,21)(H,22,23)(H2,11,12,16)(H2,17,18,19);2,5-7,9,14-16H,3H2,1H3,(H2,11,12,17)/t3*5-,6+,7?,9-/m111/s1. The Morgan fingerprint density at radius 1 is 0.548 bits per heavy atom. The lowest BCUT2D eigenvalue weighted by atomic mass is 10.1. The SMILES string of the molecule is COc1cn([C@@H]2O[C@H](CO)[C@H](O)C2O)c(=O)nc1N.COc1cn([C@@H]2O[C@H](COP(=O)(Cl)Cl)[C@H](O)C2O)c(=O)nc1N.COc1cn([C@@H]2O[C@H](COP(=O)(O)OP(=O)(O)OP(=O)(O)O)[C@H](O)C2O)c(=O)nc1N. The number of rotatable bonds is 17. The zero-order valence-corrected chi connectivity index (χ0v) is 42.2. The highest BCUT2D eigenvalue weighted by atomic mass is 35.9. The fraction of sp³-hybridized carbons (Fsp3) is 0.600. The molecule has 17 N–H and O–H groups in total. The number of nitrogen functional groups attached to an aromatic ring is 3. The fourth-order valence-electron chi connectivity index (χ4n) is 6.34. The van der Waals surface area contributed by atoms with E-state index in [-0.39, 0.29) is 34.7 Å². The van der Waals surface area contributed by atoms with E-state index in [1.807, 2.05) is 0 Å². The van der Waals surface area contributed by atoms with Crippen molar-refractivity contribution in [2.75, 3.05) is 58.4 Å². The van der Waals surface area contributed by atoms with Crippen LogP contribution in [0.5, 0.6) is 17.2 Å². The Balaban J connectivity index is 0.000000245. The quantitative estimate of drug-likeness (QED) is 0.0565. The Bertz CT molecular complexity index is 2790. The highest BCUT2D eigenvalue weighted by molar-refractivity contribution is 8.05. The number of hydrogen-bond donors (Lipinski definition) is 14. The molecule has 14 atom stereocenters. The van der Waals surface area contributed by atoms with Crippen LogP contribution < -0.4 is 48.5 Å². The number of hydrogen-bond acceptors (Lipinski definition) is 30. The first-order valence-electron chi connectivity index (χ1n) is 19.5. The summed E-state index contributed by atoms with van der Waals surface area (Å²) < 4.78 is 93.9. The second-order valence-corrected chi connectivity index (χ2v) is 23.3. The highest BCUT2D eigenvalue weighted by Crippen LogP contribution is 2.66. The second kappa shape index (κ2) is 24.9. The van der Waals surface area contributed by atoms with Crippen molar-refractivity contribution in [1.29, 1.82) is 0 Å². The third-order valence-electron chi connectivity index (χ3n) is 9.72.